The van der Waals surface area contributed by atoms with Crippen LogP contribution in [0.3, 0.4) is 0 Å². The van der Waals surface area contributed by atoms with Crippen molar-refractivity contribution in [3.8, 4) is 0 Å². The standard InChI is InChI=1S/C16H15ClN2O2/c1-11(9-12-5-4-8-21-12)19-15(10-17)18-14-7-3-2-6-13(14)16(19)20/h2-8,11H,9-10H2,1H3. The minimum atomic E-state index is -0.0745. The Morgan fingerprint density at radius 3 is 2.81 bits per heavy atom. The summed E-state index contributed by atoms with van der Waals surface area (Å²) >= 11 is 5.98. The lowest BCUT2D eigenvalue weighted by molar-refractivity contribution is 0.435. The third kappa shape index (κ3) is 2.59. The van der Waals surface area contributed by atoms with Crippen LogP contribution in [0.25, 0.3) is 10.9 Å². The molecule has 2 heterocycles. The number of rotatable bonds is 4. The van der Waals surface area contributed by atoms with Crippen molar-refractivity contribution in [1.82, 2.24) is 9.55 Å². The molecular weight excluding hydrogens is 288 g/mol. The summed E-state index contributed by atoms with van der Waals surface area (Å²) in [6.45, 7) is 1.97. The molecule has 0 saturated carbocycles. The van der Waals surface area contributed by atoms with Gasteiger partial charge in [0.1, 0.15) is 11.6 Å². The fourth-order valence-electron chi connectivity index (χ4n) is 2.55. The lowest BCUT2D eigenvalue weighted by Gasteiger charge is -2.18. The monoisotopic (exact) mass is 302 g/mol. The van der Waals surface area contributed by atoms with E-state index in [9.17, 15) is 4.79 Å². The van der Waals surface area contributed by atoms with Crippen LogP contribution in [0, 0.1) is 0 Å². The second-order valence-corrected chi connectivity index (χ2v) is 5.25. The zero-order chi connectivity index (χ0) is 14.8. The van der Waals surface area contributed by atoms with E-state index < -0.39 is 0 Å². The molecule has 0 fully saturated rings. The van der Waals surface area contributed by atoms with Gasteiger partial charge in [-0.1, -0.05) is 12.1 Å². The molecule has 1 aromatic carbocycles. The quantitative estimate of drug-likeness (QED) is 0.693. The Morgan fingerprint density at radius 2 is 2.10 bits per heavy atom. The van der Waals surface area contributed by atoms with E-state index in [2.05, 4.69) is 4.98 Å². The SMILES string of the molecule is CC(Cc1ccco1)n1c(CCl)nc2ccccc2c1=O. The zero-order valence-electron chi connectivity index (χ0n) is 11.6. The van der Waals surface area contributed by atoms with Crippen LogP contribution in [0.15, 0.2) is 51.9 Å². The molecule has 2 aromatic heterocycles. The van der Waals surface area contributed by atoms with Gasteiger partial charge in [-0.15, -0.1) is 11.6 Å². The Bertz CT molecular complexity index is 809. The molecule has 1 unspecified atom stereocenters. The predicted octanol–water partition coefficient (Wildman–Crippen LogP) is 3.53. The highest BCUT2D eigenvalue weighted by Gasteiger charge is 2.16. The van der Waals surface area contributed by atoms with Gasteiger partial charge in [0.05, 0.1) is 23.0 Å². The van der Waals surface area contributed by atoms with E-state index in [1.165, 1.54) is 0 Å². The Hall–Kier alpha value is -2.07. The van der Waals surface area contributed by atoms with Gasteiger partial charge in [-0.3, -0.25) is 9.36 Å². The first-order valence-electron chi connectivity index (χ1n) is 6.79. The number of fused-ring (bicyclic) bond motifs is 1. The molecule has 4 nitrogen and oxygen atoms in total. The molecule has 0 bridgehead atoms. The van der Waals surface area contributed by atoms with E-state index in [-0.39, 0.29) is 17.5 Å². The molecule has 5 heteroatoms. The van der Waals surface area contributed by atoms with Crippen LogP contribution in [-0.2, 0) is 12.3 Å². The van der Waals surface area contributed by atoms with Crippen molar-refractivity contribution >= 4 is 22.5 Å². The third-order valence-electron chi connectivity index (χ3n) is 3.52. The lowest BCUT2D eigenvalue weighted by Crippen LogP contribution is -2.28. The first kappa shape index (κ1) is 13.9. The van der Waals surface area contributed by atoms with Gasteiger partial charge in [-0.2, -0.15) is 0 Å². The largest absolute Gasteiger partial charge is 0.469 e. The lowest BCUT2D eigenvalue weighted by atomic mass is 10.1. The molecule has 1 atom stereocenters. The van der Waals surface area contributed by atoms with Crippen molar-refractivity contribution in [2.75, 3.05) is 0 Å². The van der Waals surface area contributed by atoms with Gasteiger partial charge in [-0.25, -0.2) is 4.98 Å². The van der Waals surface area contributed by atoms with E-state index in [1.54, 1.807) is 16.9 Å². The van der Waals surface area contributed by atoms with Gasteiger partial charge in [0.25, 0.3) is 5.56 Å². The van der Waals surface area contributed by atoms with Gasteiger partial charge >= 0.3 is 0 Å². The number of alkyl halides is 1. The van der Waals surface area contributed by atoms with Crippen LogP contribution in [0.1, 0.15) is 24.6 Å². The highest BCUT2D eigenvalue weighted by molar-refractivity contribution is 6.16. The Morgan fingerprint density at radius 1 is 1.29 bits per heavy atom. The molecule has 0 aliphatic carbocycles. The van der Waals surface area contributed by atoms with Crippen LogP contribution in [0.5, 0.6) is 0 Å². The summed E-state index contributed by atoms with van der Waals surface area (Å²) in [5.41, 5.74) is 0.620. The minimum absolute atomic E-state index is 0.0599. The maximum Gasteiger partial charge on any atom is 0.261 e. The van der Waals surface area contributed by atoms with E-state index >= 15 is 0 Å². The smallest absolute Gasteiger partial charge is 0.261 e. The van der Waals surface area contributed by atoms with E-state index in [4.69, 9.17) is 16.0 Å². The van der Waals surface area contributed by atoms with Crippen molar-refractivity contribution in [2.24, 2.45) is 0 Å². The molecule has 0 aliphatic rings. The average Bonchev–Trinajstić information content (AvgIpc) is 2.99. The molecule has 0 amide bonds. The molecular formula is C16H15ClN2O2. The number of furan rings is 1. The van der Waals surface area contributed by atoms with Crippen molar-refractivity contribution in [3.63, 3.8) is 0 Å². The van der Waals surface area contributed by atoms with E-state index in [0.29, 0.717) is 23.1 Å². The number of hydrogen-bond acceptors (Lipinski definition) is 3. The average molecular weight is 303 g/mol. The Kier molecular flexibility index (Phi) is 3.80. The number of aromatic nitrogens is 2. The molecule has 21 heavy (non-hydrogen) atoms. The first-order chi connectivity index (χ1) is 10.2. The van der Waals surface area contributed by atoms with Crippen LogP contribution in [-0.4, -0.2) is 9.55 Å². The van der Waals surface area contributed by atoms with Crippen LogP contribution in [0.2, 0.25) is 0 Å². The summed E-state index contributed by atoms with van der Waals surface area (Å²) in [6, 6.07) is 11.0. The van der Waals surface area contributed by atoms with Crippen molar-refractivity contribution in [3.05, 3.63) is 64.6 Å². The zero-order valence-corrected chi connectivity index (χ0v) is 12.4. The third-order valence-corrected chi connectivity index (χ3v) is 3.76. The topological polar surface area (TPSA) is 48.0 Å². The second-order valence-electron chi connectivity index (χ2n) is 4.99. The summed E-state index contributed by atoms with van der Waals surface area (Å²) in [4.78, 5) is 17.2. The summed E-state index contributed by atoms with van der Waals surface area (Å²) in [5, 5.41) is 0.609. The molecule has 0 radical (unpaired) electrons. The van der Waals surface area contributed by atoms with Crippen molar-refractivity contribution in [2.45, 2.75) is 25.3 Å². The molecule has 0 spiro atoms. The maximum absolute atomic E-state index is 12.7. The number of halogens is 1. The fourth-order valence-corrected chi connectivity index (χ4v) is 2.74. The number of para-hydroxylation sites is 1. The molecule has 108 valence electrons. The van der Waals surface area contributed by atoms with Crippen LogP contribution >= 0.6 is 11.6 Å². The Balaban J connectivity index is 2.12. The van der Waals surface area contributed by atoms with Crippen LogP contribution < -0.4 is 5.56 Å². The van der Waals surface area contributed by atoms with Gasteiger partial charge < -0.3 is 4.42 Å². The van der Waals surface area contributed by atoms with Gasteiger partial charge in [-0.05, 0) is 31.2 Å². The molecule has 3 rings (SSSR count). The summed E-state index contributed by atoms with van der Waals surface area (Å²) in [5.74, 6) is 1.62. The maximum atomic E-state index is 12.7. The number of hydrogen-bond donors (Lipinski definition) is 0. The number of benzene rings is 1. The van der Waals surface area contributed by atoms with Crippen LogP contribution in [0.4, 0.5) is 0 Å². The normalized spacial score (nSPS) is 12.7. The Labute approximate surface area is 127 Å². The predicted molar refractivity (Wildman–Crippen MR) is 82.7 cm³/mol. The summed E-state index contributed by atoms with van der Waals surface area (Å²) in [7, 11) is 0. The molecule has 0 aliphatic heterocycles. The van der Waals surface area contributed by atoms with Crippen molar-refractivity contribution in [1.29, 1.82) is 0 Å². The molecule has 3 aromatic rings. The number of nitrogens with zero attached hydrogens (tertiary/aromatic N) is 2. The van der Waals surface area contributed by atoms with E-state index in [0.717, 1.165) is 5.76 Å². The highest BCUT2D eigenvalue weighted by atomic mass is 35.5. The van der Waals surface area contributed by atoms with Crippen molar-refractivity contribution < 1.29 is 4.42 Å². The highest BCUT2D eigenvalue weighted by Crippen LogP contribution is 2.17. The molecule has 0 saturated heterocycles. The summed E-state index contributed by atoms with van der Waals surface area (Å²) in [6.07, 6.45) is 2.25. The summed E-state index contributed by atoms with van der Waals surface area (Å²) < 4.78 is 7.02. The van der Waals surface area contributed by atoms with Gasteiger partial charge in [0, 0.05) is 12.5 Å². The molecule has 0 N–H and O–H groups in total. The minimum Gasteiger partial charge on any atom is -0.469 e. The van der Waals surface area contributed by atoms with Gasteiger partial charge in [0.15, 0.2) is 0 Å². The van der Waals surface area contributed by atoms with Gasteiger partial charge in [0.2, 0.25) is 0 Å². The second kappa shape index (κ2) is 5.74. The fraction of sp³-hybridized carbons (Fsp3) is 0.250. The first-order valence-corrected chi connectivity index (χ1v) is 7.32. The van der Waals surface area contributed by atoms with E-state index in [1.807, 2.05) is 37.3 Å².